The molecule has 1 aromatic rings. The molecule has 0 aromatic carbocycles. The first-order chi connectivity index (χ1) is 6.13. The summed E-state index contributed by atoms with van der Waals surface area (Å²) in [4.78, 5) is 13.8. The van der Waals surface area contributed by atoms with Gasteiger partial charge in [0.05, 0.1) is 10.9 Å². The van der Waals surface area contributed by atoms with Crippen molar-refractivity contribution >= 4 is 29.0 Å². The smallest absolute Gasteiger partial charge is 0.317 e. The second-order valence-electron chi connectivity index (χ2n) is 2.62. The Kier molecular flexibility index (Phi) is 3.57. The molecule has 2 amide bonds. The quantitative estimate of drug-likeness (QED) is 0.811. The predicted octanol–water partition coefficient (Wildman–Crippen LogP) is 2.17. The summed E-state index contributed by atoms with van der Waals surface area (Å²) in [6, 6.07) is 3.66. The van der Waals surface area contributed by atoms with Crippen LogP contribution in [0.3, 0.4) is 0 Å². The van der Waals surface area contributed by atoms with Crippen LogP contribution in [0.15, 0.2) is 12.1 Å². The van der Waals surface area contributed by atoms with Gasteiger partial charge in [-0.05, 0) is 12.1 Å². The Balaban J connectivity index is 2.54. The standard InChI is InChI=1S/C8H11ClN2OS/c1-10-8(12)11(2)5-6-3-4-7(9)13-6/h3-4H,5H2,1-2H3,(H,10,12). The van der Waals surface area contributed by atoms with E-state index in [-0.39, 0.29) is 6.03 Å². The lowest BCUT2D eigenvalue weighted by Crippen LogP contribution is -2.34. The highest BCUT2D eigenvalue weighted by Crippen LogP contribution is 2.22. The van der Waals surface area contributed by atoms with Crippen molar-refractivity contribution in [1.82, 2.24) is 10.2 Å². The van der Waals surface area contributed by atoms with Gasteiger partial charge in [-0.2, -0.15) is 0 Å². The molecule has 0 aliphatic heterocycles. The summed E-state index contributed by atoms with van der Waals surface area (Å²) in [5, 5.41) is 2.55. The fourth-order valence-corrected chi connectivity index (χ4v) is 2.07. The summed E-state index contributed by atoms with van der Waals surface area (Å²) in [5.74, 6) is 0. The molecule has 0 saturated heterocycles. The maximum Gasteiger partial charge on any atom is 0.317 e. The van der Waals surface area contributed by atoms with E-state index < -0.39 is 0 Å². The van der Waals surface area contributed by atoms with Crippen LogP contribution in [0.2, 0.25) is 4.34 Å². The monoisotopic (exact) mass is 218 g/mol. The average Bonchev–Trinajstić information content (AvgIpc) is 2.49. The Bertz CT molecular complexity index is 300. The van der Waals surface area contributed by atoms with Crippen LogP contribution in [0, 0.1) is 0 Å². The van der Waals surface area contributed by atoms with Gasteiger partial charge < -0.3 is 10.2 Å². The first-order valence-electron chi connectivity index (χ1n) is 3.80. The maximum absolute atomic E-state index is 11.1. The minimum Gasteiger partial charge on any atom is -0.341 e. The van der Waals surface area contributed by atoms with Gasteiger partial charge in [0.25, 0.3) is 0 Å². The number of hydrogen-bond donors (Lipinski definition) is 1. The van der Waals surface area contributed by atoms with Gasteiger partial charge in [0.2, 0.25) is 0 Å². The highest BCUT2D eigenvalue weighted by atomic mass is 35.5. The lowest BCUT2D eigenvalue weighted by molar-refractivity contribution is 0.209. The van der Waals surface area contributed by atoms with Crippen molar-refractivity contribution in [2.24, 2.45) is 0 Å². The highest BCUT2D eigenvalue weighted by Gasteiger charge is 2.07. The van der Waals surface area contributed by atoms with E-state index in [4.69, 9.17) is 11.6 Å². The molecule has 1 heterocycles. The van der Waals surface area contributed by atoms with Crippen LogP contribution in [-0.2, 0) is 6.54 Å². The zero-order valence-electron chi connectivity index (χ0n) is 7.50. The van der Waals surface area contributed by atoms with Crippen LogP contribution < -0.4 is 5.32 Å². The second kappa shape index (κ2) is 4.48. The van der Waals surface area contributed by atoms with Crippen LogP contribution >= 0.6 is 22.9 Å². The fourth-order valence-electron chi connectivity index (χ4n) is 0.933. The number of nitrogens with one attached hydrogen (secondary N) is 1. The lowest BCUT2D eigenvalue weighted by atomic mass is 10.4. The van der Waals surface area contributed by atoms with Crippen molar-refractivity contribution in [1.29, 1.82) is 0 Å². The van der Waals surface area contributed by atoms with Gasteiger partial charge in [0, 0.05) is 19.0 Å². The molecule has 1 N–H and O–H groups in total. The first kappa shape index (κ1) is 10.3. The molecule has 5 heteroatoms. The van der Waals surface area contributed by atoms with Crippen molar-refractivity contribution in [2.75, 3.05) is 14.1 Å². The zero-order chi connectivity index (χ0) is 9.84. The van der Waals surface area contributed by atoms with Crippen molar-refractivity contribution in [3.63, 3.8) is 0 Å². The Morgan fingerprint density at radius 2 is 2.38 bits per heavy atom. The molecule has 0 aliphatic rings. The van der Waals surface area contributed by atoms with E-state index in [2.05, 4.69) is 5.32 Å². The largest absolute Gasteiger partial charge is 0.341 e. The van der Waals surface area contributed by atoms with Crippen molar-refractivity contribution < 1.29 is 4.79 Å². The van der Waals surface area contributed by atoms with Gasteiger partial charge in [-0.15, -0.1) is 11.3 Å². The number of hydrogen-bond acceptors (Lipinski definition) is 2. The third-order valence-electron chi connectivity index (χ3n) is 1.58. The molecule has 0 atom stereocenters. The van der Waals surface area contributed by atoms with E-state index in [1.165, 1.54) is 11.3 Å². The van der Waals surface area contributed by atoms with Crippen molar-refractivity contribution in [2.45, 2.75) is 6.54 Å². The van der Waals surface area contributed by atoms with E-state index in [1.807, 2.05) is 12.1 Å². The van der Waals surface area contributed by atoms with Gasteiger partial charge in [-0.25, -0.2) is 4.79 Å². The topological polar surface area (TPSA) is 32.3 Å². The molecular weight excluding hydrogens is 208 g/mol. The predicted molar refractivity (Wildman–Crippen MR) is 55.3 cm³/mol. The number of amides is 2. The average molecular weight is 219 g/mol. The summed E-state index contributed by atoms with van der Waals surface area (Å²) in [6.07, 6.45) is 0. The van der Waals surface area contributed by atoms with Crippen molar-refractivity contribution in [3.8, 4) is 0 Å². The number of thiophene rings is 1. The Morgan fingerprint density at radius 1 is 1.69 bits per heavy atom. The third kappa shape index (κ3) is 2.90. The van der Waals surface area contributed by atoms with E-state index in [1.54, 1.807) is 19.0 Å². The van der Waals surface area contributed by atoms with Gasteiger partial charge in [0.15, 0.2) is 0 Å². The molecule has 0 aliphatic carbocycles. The molecular formula is C8H11ClN2OS. The van der Waals surface area contributed by atoms with E-state index in [0.717, 1.165) is 9.21 Å². The molecule has 3 nitrogen and oxygen atoms in total. The molecule has 0 fully saturated rings. The SMILES string of the molecule is CNC(=O)N(C)Cc1ccc(Cl)s1. The minimum atomic E-state index is -0.0930. The van der Waals surface area contributed by atoms with Gasteiger partial charge in [0.1, 0.15) is 0 Å². The zero-order valence-corrected chi connectivity index (χ0v) is 9.08. The van der Waals surface area contributed by atoms with E-state index in [9.17, 15) is 4.79 Å². The van der Waals surface area contributed by atoms with E-state index >= 15 is 0 Å². The summed E-state index contributed by atoms with van der Waals surface area (Å²) in [5.41, 5.74) is 0. The Morgan fingerprint density at radius 3 is 2.85 bits per heavy atom. The van der Waals surface area contributed by atoms with Crippen LogP contribution in [0.25, 0.3) is 0 Å². The molecule has 0 unspecified atom stereocenters. The number of rotatable bonds is 2. The van der Waals surface area contributed by atoms with Crippen LogP contribution in [0.5, 0.6) is 0 Å². The summed E-state index contributed by atoms with van der Waals surface area (Å²) in [6.45, 7) is 0.594. The highest BCUT2D eigenvalue weighted by molar-refractivity contribution is 7.16. The molecule has 72 valence electrons. The number of carbonyl (C=O) groups is 1. The van der Waals surface area contributed by atoms with E-state index in [0.29, 0.717) is 6.54 Å². The number of halogens is 1. The van der Waals surface area contributed by atoms with Crippen LogP contribution in [-0.4, -0.2) is 25.0 Å². The molecule has 13 heavy (non-hydrogen) atoms. The minimum absolute atomic E-state index is 0.0930. The molecule has 1 aromatic heterocycles. The van der Waals surface area contributed by atoms with Gasteiger partial charge in [-0.1, -0.05) is 11.6 Å². The molecule has 1 rings (SSSR count). The molecule has 0 spiro atoms. The third-order valence-corrected chi connectivity index (χ3v) is 2.80. The fraction of sp³-hybridized carbons (Fsp3) is 0.375. The van der Waals surface area contributed by atoms with Gasteiger partial charge >= 0.3 is 6.03 Å². The normalized spacial score (nSPS) is 9.77. The second-order valence-corrected chi connectivity index (χ2v) is 4.42. The Labute approximate surface area is 86.3 Å². The van der Waals surface area contributed by atoms with Crippen LogP contribution in [0.1, 0.15) is 4.88 Å². The van der Waals surface area contributed by atoms with Crippen LogP contribution in [0.4, 0.5) is 4.79 Å². The summed E-state index contributed by atoms with van der Waals surface area (Å²) >= 11 is 7.24. The summed E-state index contributed by atoms with van der Waals surface area (Å²) in [7, 11) is 3.35. The molecule has 0 bridgehead atoms. The number of urea groups is 1. The lowest BCUT2D eigenvalue weighted by Gasteiger charge is -2.14. The molecule has 0 radical (unpaired) electrons. The Hall–Kier alpha value is -0.740. The van der Waals surface area contributed by atoms with Gasteiger partial charge in [-0.3, -0.25) is 0 Å². The summed E-state index contributed by atoms with van der Waals surface area (Å²) < 4.78 is 0.750. The van der Waals surface area contributed by atoms with Crippen molar-refractivity contribution in [3.05, 3.63) is 21.3 Å². The maximum atomic E-state index is 11.1. The first-order valence-corrected chi connectivity index (χ1v) is 5.00. The number of nitrogens with zero attached hydrogens (tertiary/aromatic N) is 1. The molecule has 0 saturated carbocycles. The number of carbonyl (C=O) groups excluding carboxylic acids is 1.